The number of hydrogen-bond acceptors (Lipinski definition) is 4. The molecule has 0 fully saturated rings. The first kappa shape index (κ1) is 16.3. The molecule has 0 aliphatic carbocycles. The Morgan fingerprint density at radius 3 is 2.84 bits per heavy atom. The third-order valence-electron chi connectivity index (χ3n) is 2.74. The van der Waals surface area contributed by atoms with Crippen molar-refractivity contribution in [2.45, 2.75) is 25.8 Å². The maximum absolute atomic E-state index is 10.7. The number of rotatable bonds is 9. The average molecular weight is 303 g/mol. The zero-order chi connectivity index (χ0) is 14.1. The molecule has 0 aliphatic rings. The zero-order valence-corrected chi connectivity index (χ0v) is 12.6. The summed E-state index contributed by atoms with van der Waals surface area (Å²) in [5, 5.41) is 14.2. The van der Waals surface area contributed by atoms with Crippen LogP contribution in [0.4, 0.5) is 5.69 Å². The van der Waals surface area contributed by atoms with Crippen LogP contribution >= 0.6 is 23.4 Å². The van der Waals surface area contributed by atoms with Crippen molar-refractivity contribution in [1.82, 2.24) is 5.32 Å². The van der Waals surface area contributed by atoms with Gasteiger partial charge in [0.05, 0.1) is 4.92 Å². The van der Waals surface area contributed by atoms with Crippen LogP contribution in [-0.4, -0.2) is 23.5 Å². The van der Waals surface area contributed by atoms with E-state index in [1.54, 1.807) is 6.07 Å². The summed E-state index contributed by atoms with van der Waals surface area (Å²) in [5.41, 5.74) is 0.862. The Morgan fingerprint density at radius 2 is 2.16 bits per heavy atom. The number of nitrogens with one attached hydrogen (secondary N) is 1. The summed E-state index contributed by atoms with van der Waals surface area (Å²) in [6.45, 7) is 1.57. The highest BCUT2D eigenvalue weighted by molar-refractivity contribution is 7.98. The van der Waals surface area contributed by atoms with E-state index in [4.69, 9.17) is 11.6 Å². The van der Waals surface area contributed by atoms with Crippen molar-refractivity contribution in [3.8, 4) is 0 Å². The Hall–Kier alpha value is -0.780. The molecule has 0 spiro atoms. The molecular weight excluding hydrogens is 284 g/mol. The van der Waals surface area contributed by atoms with Gasteiger partial charge in [-0.05, 0) is 43.0 Å². The first-order valence-electron chi connectivity index (χ1n) is 6.27. The molecule has 1 aromatic carbocycles. The van der Waals surface area contributed by atoms with E-state index in [2.05, 4.69) is 11.6 Å². The molecule has 0 radical (unpaired) electrons. The Labute approximate surface area is 123 Å². The quantitative estimate of drug-likeness (QED) is 0.427. The van der Waals surface area contributed by atoms with Crippen molar-refractivity contribution in [3.63, 3.8) is 0 Å². The monoisotopic (exact) mass is 302 g/mol. The maximum atomic E-state index is 10.7. The van der Waals surface area contributed by atoms with Gasteiger partial charge in [0, 0.05) is 12.6 Å². The van der Waals surface area contributed by atoms with Gasteiger partial charge in [-0.25, -0.2) is 0 Å². The molecule has 0 aliphatic heterocycles. The van der Waals surface area contributed by atoms with Crippen LogP contribution in [0.3, 0.4) is 0 Å². The van der Waals surface area contributed by atoms with E-state index in [-0.39, 0.29) is 10.7 Å². The van der Waals surface area contributed by atoms with E-state index in [1.807, 2.05) is 17.8 Å². The van der Waals surface area contributed by atoms with E-state index >= 15 is 0 Å². The van der Waals surface area contributed by atoms with Crippen LogP contribution in [0.2, 0.25) is 5.02 Å². The molecule has 6 heteroatoms. The van der Waals surface area contributed by atoms with Crippen LogP contribution in [0.1, 0.15) is 24.8 Å². The van der Waals surface area contributed by atoms with Crippen molar-refractivity contribution < 1.29 is 4.92 Å². The summed E-state index contributed by atoms with van der Waals surface area (Å²) in [6.07, 6.45) is 5.71. The lowest BCUT2D eigenvalue weighted by molar-refractivity contribution is -0.384. The van der Waals surface area contributed by atoms with E-state index in [0.717, 1.165) is 18.5 Å². The number of benzene rings is 1. The van der Waals surface area contributed by atoms with Gasteiger partial charge < -0.3 is 5.32 Å². The summed E-state index contributed by atoms with van der Waals surface area (Å²) in [6, 6.07) is 4.92. The lowest BCUT2D eigenvalue weighted by Crippen LogP contribution is -2.14. The highest BCUT2D eigenvalue weighted by atomic mass is 35.5. The van der Waals surface area contributed by atoms with Gasteiger partial charge in [-0.15, -0.1) is 0 Å². The Morgan fingerprint density at radius 1 is 1.37 bits per heavy atom. The zero-order valence-electron chi connectivity index (χ0n) is 11.0. The molecule has 0 aromatic heterocycles. The molecule has 19 heavy (non-hydrogen) atoms. The average Bonchev–Trinajstić information content (AvgIpc) is 2.39. The van der Waals surface area contributed by atoms with Crippen molar-refractivity contribution >= 4 is 29.1 Å². The number of nitro benzene ring substituents is 1. The van der Waals surface area contributed by atoms with Crippen molar-refractivity contribution in [1.29, 1.82) is 0 Å². The largest absolute Gasteiger partial charge is 0.313 e. The van der Waals surface area contributed by atoms with Crippen LogP contribution in [0.25, 0.3) is 0 Å². The molecule has 0 saturated heterocycles. The third kappa shape index (κ3) is 6.27. The Balaban J connectivity index is 2.30. The minimum absolute atomic E-state index is 0.0269. The topological polar surface area (TPSA) is 55.2 Å². The van der Waals surface area contributed by atoms with E-state index in [1.165, 1.54) is 24.7 Å². The van der Waals surface area contributed by atoms with Crippen LogP contribution in [-0.2, 0) is 6.54 Å². The SMILES string of the molecule is CSCCCCCNCc1ccc(Cl)c([N+](=O)[O-])c1. The molecule has 1 rings (SSSR count). The van der Waals surface area contributed by atoms with Crippen molar-refractivity contribution in [2.24, 2.45) is 0 Å². The van der Waals surface area contributed by atoms with Crippen LogP contribution in [0.5, 0.6) is 0 Å². The lowest BCUT2D eigenvalue weighted by Gasteiger charge is -2.05. The molecule has 0 amide bonds. The summed E-state index contributed by atoms with van der Waals surface area (Å²) >= 11 is 7.63. The fraction of sp³-hybridized carbons (Fsp3) is 0.538. The predicted molar refractivity (Wildman–Crippen MR) is 82.0 cm³/mol. The van der Waals surface area contributed by atoms with Gasteiger partial charge in [-0.2, -0.15) is 11.8 Å². The van der Waals surface area contributed by atoms with E-state index < -0.39 is 4.92 Å². The summed E-state index contributed by atoms with van der Waals surface area (Å²) in [7, 11) is 0. The second kappa shape index (κ2) is 9.18. The summed E-state index contributed by atoms with van der Waals surface area (Å²) < 4.78 is 0. The number of thioether (sulfide) groups is 1. The minimum atomic E-state index is -0.450. The molecule has 106 valence electrons. The Bertz CT molecular complexity index is 416. The van der Waals surface area contributed by atoms with Crippen molar-refractivity contribution in [3.05, 3.63) is 38.9 Å². The standard InChI is InChI=1S/C13H19ClN2O2S/c1-19-8-4-2-3-7-15-10-11-5-6-12(14)13(9-11)16(17)18/h5-6,9,15H,2-4,7-8,10H2,1H3. The van der Waals surface area contributed by atoms with E-state index in [0.29, 0.717) is 6.54 Å². The highest BCUT2D eigenvalue weighted by Gasteiger charge is 2.12. The van der Waals surface area contributed by atoms with Crippen LogP contribution < -0.4 is 5.32 Å². The summed E-state index contributed by atoms with van der Waals surface area (Å²) in [5.74, 6) is 1.21. The number of unbranched alkanes of at least 4 members (excludes halogenated alkanes) is 2. The normalized spacial score (nSPS) is 10.6. The fourth-order valence-corrected chi connectivity index (χ4v) is 2.39. The minimum Gasteiger partial charge on any atom is -0.313 e. The first-order valence-corrected chi connectivity index (χ1v) is 8.05. The highest BCUT2D eigenvalue weighted by Crippen LogP contribution is 2.24. The third-order valence-corrected chi connectivity index (χ3v) is 3.75. The molecule has 0 unspecified atom stereocenters. The molecule has 0 saturated carbocycles. The maximum Gasteiger partial charge on any atom is 0.288 e. The number of nitro groups is 1. The van der Waals surface area contributed by atoms with Gasteiger partial charge in [0.15, 0.2) is 0 Å². The molecular formula is C13H19ClN2O2S. The predicted octanol–water partition coefficient (Wildman–Crippen LogP) is 3.87. The smallest absolute Gasteiger partial charge is 0.288 e. The van der Waals surface area contributed by atoms with Gasteiger partial charge in [-0.3, -0.25) is 10.1 Å². The molecule has 1 N–H and O–H groups in total. The summed E-state index contributed by atoms with van der Waals surface area (Å²) in [4.78, 5) is 10.3. The lowest BCUT2D eigenvalue weighted by atomic mass is 10.2. The van der Waals surface area contributed by atoms with Gasteiger partial charge >= 0.3 is 0 Å². The molecule has 0 bridgehead atoms. The van der Waals surface area contributed by atoms with Gasteiger partial charge in [0.1, 0.15) is 5.02 Å². The van der Waals surface area contributed by atoms with Gasteiger partial charge in [0.2, 0.25) is 0 Å². The van der Waals surface area contributed by atoms with Gasteiger partial charge in [-0.1, -0.05) is 24.1 Å². The molecule has 4 nitrogen and oxygen atoms in total. The molecule has 0 heterocycles. The number of halogens is 1. The van der Waals surface area contributed by atoms with Crippen molar-refractivity contribution in [2.75, 3.05) is 18.6 Å². The Kier molecular flexibility index (Phi) is 7.86. The number of nitrogens with zero attached hydrogens (tertiary/aromatic N) is 1. The van der Waals surface area contributed by atoms with Crippen LogP contribution in [0, 0.1) is 10.1 Å². The molecule has 1 aromatic rings. The fourth-order valence-electron chi connectivity index (χ4n) is 1.71. The second-order valence-corrected chi connectivity index (χ2v) is 5.67. The molecule has 0 atom stereocenters. The number of hydrogen-bond donors (Lipinski definition) is 1. The first-order chi connectivity index (χ1) is 9.15. The van der Waals surface area contributed by atoms with Gasteiger partial charge in [0.25, 0.3) is 5.69 Å². The van der Waals surface area contributed by atoms with Crippen LogP contribution in [0.15, 0.2) is 18.2 Å². The second-order valence-electron chi connectivity index (χ2n) is 4.27. The van der Waals surface area contributed by atoms with E-state index in [9.17, 15) is 10.1 Å².